The molecule has 7 nitrogen and oxygen atoms in total. The Bertz CT molecular complexity index is 1570. The molecule has 0 aliphatic rings. The monoisotopic (exact) mass is 502 g/mol. The summed E-state index contributed by atoms with van der Waals surface area (Å²) in [6.07, 6.45) is 3.12. The third-order valence-electron chi connectivity index (χ3n) is 5.22. The number of nitrogens with one attached hydrogen (secondary N) is 1. The number of nitrogens with zero attached hydrogens (tertiary/aromatic N) is 3. The van der Waals surface area contributed by atoms with Crippen molar-refractivity contribution in [3.05, 3.63) is 108 Å². The van der Waals surface area contributed by atoms with Gasteiger partial charge in [0.1, 0.15) is 17.2 Å². The summed E-state index contributed by atoms with van der Waals surface area (Å²) in [7, 11) is -3.61. The Labute approximate surface area is 207 Å². The fourth-order valence-corrected chi connectivity index (χ4v) is 4.85. The van der Waals surface area contributed by atoms with Gasteiger partial charge in [-0.3, -0.25) is 4.72 Å². The molecule has 2 heterocycles. The van der Waals surface area contributed by atoms with Gasteiger partial charge in [-0.05, 0) is 59.7 Å². The first-order valence-electron chi connectivity index (χ1n) is 10.6. The Hall–Kier alpha value is -4.01. The van der Waals surface area contributed by atoms with Crippen molar-refractivity contribution in [3.8, 4) is 22.8 Å². The molecule has 0 atom stereocenters. The second-order valence-electron chi connectivity index (χ2n) is 7.75. The highest BCUT2D eigenvalue weighted by atomic mass is 35.5. The van der Waals surface area contributed by atoms with E-state index in [2.05, 4.69) is 19.7 Å². The molecule has 0 saturated carbocycles. The van der Waals surface area contributed by atoms with Crippen LogP contribution in [0, 0.1) is 0 Å². The minimum atomic E-state index is -3.61. The molecule has 35 heavy (non-hydrogen) atoms. The number of benzene rings is 3. The second-order valence-corrected chi connectivity index (χ2v) is 9.86. The summed E-state index contributed by atoms with van der Waals surface area (Å²) < 4.78 is 33.9. The first-order chi connectivity index (χ1) is 16.9. The van der Waals surface area contributed by atoms with Gasteiger partial charge in [0, 0.05) is 17.4 Å². The number of sulfonamides is 1. The third-order valence-corrected chi connectivity index (χ3v) is 6.70. The average molecular weight is 503 g/mol. The van der Waals surface area contributed by atoms with Crippen LogP contribution in [0.5, 0.6) is 11.6 Å². The number of hydrogen-bond donors (Lipinski definition) is 1. The van der Waals surface area contributed by atoms with Gasteiger partial charge in [0.25, 0.3) is 0 Å². The van der Waals surface area contributed by atoms with E-state index in [-0.39, 0.29) is 5.75 Å². The van der Waals surface area contributed by atoms with E-state index in [0.717, 1.165) is 22.0 Å². The summed E-state index contributed by atoms with van der Waals surface area (Å²) in [5, 5.41) is 1.21. The molecule has 5 aromatic rings. The number of hydrogen-bond acceptors (Lipinski definition) is 6. The molecule has 0 amide bonds. The van der Waals surface area contributed by atoms with Crippen molar-refractivity contribution in [2.75, 3.05) is 4.72 Å². The zero-order chi connectivity index (χ0) is 24.3. The molecule has 0 bridgehead atoms. The summed E-state index contributed by atoms with van der Waals surface area (Å²) in [5.74, 6) is 0.817. The minimum absolute atomic E-state index is 0.174. The van der Waals surface area contributed by atoms with Gasteiger partial charge < -0.3 is 4.74 Å². The van der Waals surface area contributed by atoms with Crippen molar-refractivity contribution >= 4 is 38.2 Å². The molecule has 0 aliphatic carbocycles. The predicted molar refractivity (Wildman–Crippen MR) is 137 cm³/mol. The van der Waals surface area contributed by atoms with Gasteiger partial charge in [-0.1, -0.05) is 48.0 Å². The molecule has 0 spiro atoms. The van der Waals surface area contributed by atoms with Crippen molar-refractivity contribution in [1.29, 1.82) is 0 Å². The van der Waals surface area contributed by atoms with Gasteiger partial charge in [-0.2, -0.15) is 0 Å². The van der Waals surface area contributed by atoms with Crippen molar-refractivity contribution in [2.45, 2.75) is 5.75 Å². The van der Waals surface area contributed by atoms with Crippen LogP contribution in [-0.2, 0) is 15.8 Å². The fraction of sp³-hybridized carbons (Fsp3) is 0.0385. The lowest BCUT2D eigenvalue weighted by atomic mass is 10.1. The Kier molecular flexibility index (Phi) is 6.31. The molecule has 0 saturated heterocycles. The maximum atomic E-state index is 12.7. The molecule has 0 fully saturated rings. The van der Waals surface area contributed by atoms with E-state index < -0.39 is 10.0 Å². The number of para-hydroxylation sites is 1. The largest absolute Gasteiger partial charge is 0.438 e. The van der Waals surface area contributed by atoms with Crippen molar-refractivity contribution in [3.63, 3.8) is 0 Å². The Morgan fingerprint density at radius 1 is 0.800 bits per heavy atom. The molecule has 174 valence electrons. The first kappa shape index (κ1) is 22.8. The summed E-state index contributed by atoms with van der Waals surface area (Å²) in [6, 6.07) is 25.1. The Balaban J connectivity index is 1.24. The van der Waals surface area contributed by atoms with E-state index in [4.69, 9.17) is 16.3 Å². The number of fused-ring (bicyclic) bond motifs is 1. The van der Waals surface area contributed by atoms with Crippen molar-refractivity contribution in [2.24, 2.45) is 0 Å². The van der Waals surface area contributed by atoms with Crippen LogP contribution >= 0.6 is 11.6 Å². The van der Waals surface area contributed by atoms with Gasteiger partial charge in [0.2, 0.25) is 15.9 Å². The van der Waals surface area contributed by atoms with Gasteiger partial charge in [0.15, 0.2) is 0 Å². The fourth-order valence-electron chi connectivity index (χ4n) is 3.54. The molecule has 0 aliphatic heterocycles. The van der Waals surface area contributed by atoms with Crippen LogP contribution in [0.15, 0.2) is 97.5 Å². The molecule has 2 aromatic heterocycles. The number of anilines is 1. The molecule has 1 N–H and O–H groups in total. The van der Waals surface area contributed by atoms with Crippen molar-refractivity contribution < 1.29 is 13.2 Å². The number of ether oxygens (including phenoxy) is 1. The number of pyridine rings is 1. The molecular weight excluding hydrogens is 484 g/mol. The maximum absolute atomic E-state index is 12.7. The molecule has 9 heteroatoms. The molecular formula is C26H19ClN4O3S. The van der Waals surface area contributed by atoms with E-state index in [0.29, 0.717) is 28.0 Å². The predicted octanol–water partition coefficient (Wildman–Crippen LogP) is 6.08. The molecule has 3 aromatic carbocycles. The standard InChI is InChI=1S/C26H19ClN4O3S/c27-25-14-9-20(15-28-25)19-7-10-21(11-8-19)31-35(32,33)16-18-5-12-22(13-6-18)34-26-23-3-1-2-4-24(23)29-17-30-26/h1-15,17,31H,16H2. The lowest BCUT2D eigenvalue weighted by Gasteiger charge is -2.10. The van der Waals surface area contributed by atoms with Crippen LogP contribution in [0.3, 0.4) is 0 Å². The molecule has 0 radical (unpaired) electrons. The zero-order valence-electron chi connectivity index (χ0n) is 18.3. The average Bonchev–Trinajstić information content (AvgIpc) is 2.86. The highest BCUT2D eigenvalue weighted by Crippen LogP contribution is 2.27. The van der Waals surface area contributed by atoms with Crippen LogP contribution in [0.4, 0.5) is 5.69 Å². The maximum Gasteiger partial charge on any atom is 0.236 e. The molecule has 5 rings (SSSR count). The first-order valence-corrected chi connectivity index (χ1v) is 12.7. The van der Waals surface area contributed by atoms with Gasteiger partial charge in [-0.25, -0.2) is 23.4 Å². The number of rotatable bonds is 7. The van der Waals surface area contributed by atoms with E-state index >= 15 is 0 Å². The van der Waals surface area contributed by atoms with Crippen molar-refractivity contribution in [1.82, 2.24) is 15.0 Å². The SMILES string of the molecule is O=S(=O)(Cc1ccc(Oc2ncnc3ccccc23)cc1)Nc1ccc(-c2ccc(Cl)nc2)cc1. The summed E-state index contributed by atoms with van der Waals surface area (Å²) in [4.78, 5) is 12.5. The molecule has 0 unspecified atom stereocenters. The van der Waals surface area contributed by atoms with E-state index in [1.165, 1.54) is 6.33 Å². The van der Waals surface area contributed by atoms with E-state index in [1.807, 2.05) is 42.5 Å². The van der Waals surface area contributed by atoms with Crippen LogP contribution in [0.2, 0.25) is 5.15 Å². The topological polar surface area (TPSA) is 94.1 Å². The highest BCUT2D eigenvalue weighted by molar-refractivity contribution is 7.91. The van der Waals surface area contributed by atoms with Crippen LogP contribution in [0.1, 0.15) is 5.56 Å². The normalized spacial score (nSPS) is 11.3. The van der Waals surface area contributed by atoms with Gasteiger partial charge in [-0.15, -0.1) is 0 Å². The summed E-state index contributed by atoms with van der Waals surface area (Å²) in [6.45, 7) is 0. The highest BCUT2D eigenvalue weighted by Gasteiger charge is 2.13. The zero-order valence-corrected chi connectivity index (χ0v) is 19.9. The van der Waals surface area contributed by atoms with Crippen LogP contribution in [-0.4, -0.2) is 23.4 Å². The Morgan fingerprint density at radius 2 is 1.54 bits per heavy atom. The summed E-state index contributed by atoms with van der Waals surface area (Å²) >= 11 is 5.83. The number of aromatic nitrogens is 3. The van der Waals surface area contributed by atoms with E-state index in [9.17, 15) is 8.42 Å². The third kappa shape index (κ3) is 5.56. The number of halogens is 1. The lowest BCUT2D eigenvalue weighted by Crippen LogP contribution is -2.15. The second kappa shape index (κ2) is 9.69. The minimum Gasteiger partial charge on any atom is -0.438 e. The lowest BCUT2D eigenvalue weighted by molar-refractivity contribution is 0.468. The Morgan fingerprint density at radius 3 is 2.29 bits per heavy atom. The smallest absolute Gasteiger partial charge is 0.236 e. The van der Waals surface area contributed by atoms with Crippen LogP contribution < -0.4 is 9.46 Å². The van der Waals surface area contributed by atoms with Gasteiger partial charge in [0.05, 0.1) is 16.7 Å². The van der Waals surface area contributed by atoms with Crippen LogP contribution in [0.25, 0.3) is 22.0 Å². The quantitative estimate of drug-likeness (QED) is 0.271. The summed E-state index contributed by atoms with van der Waals surface area (Å²) in [5.41, 5.74) is 3.68. The van der Waals surface area contributed by atoms with Gasteiger partial charge >= 0.3 is 0 Å². The van der Waals surface area contributed by atoms with E-state index in [1.54, 1.807) is 48.7 Å².